The fourth-order valence-electron chi connectivity index (χ4n) is 8.89. The Balaban J connectivity index is 1.08. The van der Waals surface area contributed by atoms with Gasteiger partial charge in [0.1, 0.15) is 0 Å². The Morgan fingerprint density at radius 2 is 0.707 bits per heavy atom. The molecule has 1 nitrogen and oxygen atoms in total. The van der Waals surface area contributed by atoms with Crippen LogP contribution in [-0.2, 0) is 5.41 Å². The van der Waals surface area contributed by atoms with Gasteiger partial charge in [-0.3, -0.25) is 0 Å². The summed E-state index contributed by atoms with van der Waals surface area (Å²) in [6.07, 6.45) is 0. The van der Waals surface area contributed by atoms with Crippen LogP contribution >= 0.6 is 0 Å². The van der Waals surface area contributed by atoms with Crippen molar-refractivity contribution in [1.82, 2.24) is 0 Å². The van der Waals surface area contributed by atoms with Crippen molar-refractivity contribution >= 4 is 17.1 Å². The molecule has 276 valence electrons. The average Bonchev–Trinajstić information content (AvgIpc) is 3.52. The van der Waals surface area contributed by atoms with Crippen molar-refractivity contribution in [1.29, 1.82) is 0 Å². The maximum Gasteiger partial charge on any atom is 0.0540 e. The molecule has 9 aromatic rings. The summed E-state index contributed by atoms with van der Waals surface area (Å²) in [5.74, 6) is 0. The number of hydrogen-bond acceptors (Lipinski definition) is 1. The number of anilines is 3. The van der Waals surface area contributed by atoms with E-state index in [0.29, 0.717) is 0 Å². The number of nitrogens with zero attached hydrogens (tertiary/aromatic N) is 1. The Kier molecular flexibility index (Phi) is 8.92. The van der Waals surface area contributed by atoms with Gasteiger partial charge < -0.3 is 4.90 Å². The van der Waals surface area contributed by atoms with Crippen molar-refractivity contribution < 1.29 is 0 Å². The largest absolute Gasteiger partial charge is 0.310 e. The molecule has 0 spiro atoms. The molecule has 58 heavy (non-hydrogen) atoms. The maximum atomic E-state index is 2.45. The van der Waals surface area contributed by atoms with Crippen LogP contribution in [0.2, 0.25) is 0 Å². The van der Waals surface area contributed by atoms with Crippen LogP contribution in [0.3, 0.4) is 0 Å². The van der Waals surface area contributed by atoms with E-state index in [0.717, 1.165) is 17.1 Å². The van der Waals surface area contributed by atoms with E-state index in [1.165, 1.54) is 77.9 Å². The molecule has 0 fully saturated rings. The van der Waals surface area contributed by atoms with Crippen LogP contribution in [0.25, 0.3) is 66.8 Å². The summed E-state index contributed by atoms with van der Waals surface area (Å²) in [7, 11) is 0. The van der Waals surface area contributed by atoms with Crippen LogP contribution in [0.15, 0.2) is 224 Å². The van der Waals surface area contributed by atoms with Gasteiger partial charge in [0.25, 0.3) is 0 Å². The van der Waals surface area contributed by atoms with Gasteiger partial charge >= 0.3 is 0 Å². The topological polar surface area (TPSA) is 3.24 Å². The second-order valence-electron chi connectivity index (χ2n) is 15.7. The number of hydrogen-bond donors (Lipinski definition) is 0. The smallest absolute Gasteiger partial charge is 0.0540 e. The molecule has 10 rings (SSSR count). The minimum absolute atomic E-state index is 0.227. The van der Waals surface area contributed by atoms with E-state index in [2.05, 4.69) is 243 Å². The lowest BCUT2D eigenvalue weighted by molar-refractivity contribution is 0.660. The number of benzene rings is 9. The third-order valence-corrected chi connectivity index (χ3v) is 11.9. The van der Waals surface area contributed by atoms with E-state index in [-0.39, 0.29) is 5.41 Å². The minimum Gasteiger partial charge on any atom is -0.310 e. The molecular formula is C57H43N. The van der Waals surface area contributed by atoms with Crippen LogP contribution in [0.4, 0.5) is 17.1 Å². The summed E-state index contributed by atoms with van der Waals surface area (Å²) in [4.78, 5) is 2.43. The zero-order valence-electron chi connectivity index (χ0n) is 32.8. The SMILES string of the molecule is CC1(C)c2cc(-c3ccc(-c4ccccc4)cc3-c3ccccc3)ccc2-c2ccc(N(c3ccc(-c4ccccc4)cc3)c3ccccc3-c3ccccc3)cc21. The zero-order chi connectivity index (χ0) is 39.1. The molecule has 0 bridgehead atoms. The molecular weight excluding hydrogens is 699 g/mol. The summed E-state index contributed by atoms with van der Waals surface area (Å²) in [6.45, 7) is 4.78. The first-order valence-corrected chi connectivity index (χ1v) is 20.2. The van der Waals surface area contributed by atoms with Crippen LogP contribution in [0, 0.1) is 0 Å². The van der Waals surface area contributed by atoms with Crippen molar-refractivity contribution in [2.45, 2.75) is 19.3 Å². The molecule has 1 heteroatoms. The molecule has 0 saturated heterocycles. The lowest BCUT2D eigenvalue weighted by Crippen LogP contribution is -2.17. The lowest BCUT2D eigenvalue weighted by Gasteiger charge is -2.30. The highest BCUT2D eigenvalue weighted by atomic mass is 15.1. The zero-order valence-corrected chi connectivity index (χ0v) is 32.8. The van der Waals surface area contributed by atoms with Gasteiger partial charge in [0.05, 0.1) is 5.69 Å². The highest BCUT2D eigenvalue weighted by molar-refractivity contribution is 5.93. The Bertz CT molecular complexity index is 2880. The van der Waals surface area contributed by atoms with E-state index in [4.69, 9.17) is 0 Å². The first-order chi connectivity index (χ1) is 28.5. The molecule has 0 heterocycles. The van der Waals surface area contributed by atoms with Gasteiger partial charge in [-0.1, -0.05) is 196 Å². The van der Waals surface area contributed by atoms with E-state index < -0.39 is 0 Å². The standard InChI is InChI=1S/C57H43N/c1-57(2)54-38-46(49-34-29-45(41-19-9-4-10-20-41)37-53(49)44-23-13-6-14-24-44)30-35-51(54)52-36-33-48(39-55(52)57)58(47-31-27-42(28-32-47)40-17-7-3-8-18-40)56-26-16-15-25-50(56)43-21-11-5-12-22-43/h3-39H,1-2H3. The monoisotopic (exact) mass is 741 g/mol. The van der Waals surface area contributed by atoms with Gasteiger partial charge in [-0.15, -0.1) is 0 Å². The predicted molar refractivity (Wildman–Crippen MR) is 246 cm³/mol. The second-order valence-corrected chi connectivity index (χ2v) is 15.7. The van der Waals surface area contributed by atoms with E-state index in [1.54, 1.807) is 0 Å². The molecule has 1 aliphatic carbocycles. The third kappa shape index (κ3) is 6.32. The van der Waals surface area contributed by atoms with Gasteiger partial charge in [-0.25, -0.2) is 0 Å². The van der Waals surface area contributed by atoms with E-state index in [9.17, 15) is 0 Å². The Labute approximate surface area is 342 Å². The van der Waals surface area contributed by atoms with E-state index in [1.807, 2.05) is 0 Å². The van der Waals surface area contributed by atoms with Gasteiger partial charge in [0, 0.05) is 22.4 Å². The van der Waals surface area contributed by atoms with Crippen LogP contribution < -0.4 is 4.90 Å². The van der Waals surface area contributed by atoms with Gasteiger partial charge in [-0.2, -0.15) is 0 Å². The molecule has 0 N–H and O–H groups in total. The van der Waals surface area contributed by atoms with Crippen molar-refractivity contribution in [3.63, 3.8) is 0 Å². The van der Waals surface area contributed by atoms with Gasteiger partial charge in [0.2, 0.25) is 0 Å². The molecule has 0 aliphatic heterocycles. The maximum absolute atomic E-state index is 2.45. The number of fused-ring (bicyclic) bond motifs is 3. The van der Waals surface area contributed by atoms with Crippen LogP contribution in [0.5, 0.6) is 0 Å². The molecule has 9 aromatic carbocycles. The molecule has 0 aromatic heterocycles. The number of para-hydroxylation sites is 1. The van der Waals surface area contributed by atoms with E-state index >= 15 is 0 Å². The summed E-state index contributed by atoms with van der Waals surface area (Å²) in [6, 6.07) is 81.7. The number of rotatable bonds is 8. The molecule has 1 aliphatic rings. The predicted octanol–water partition coefficient (Wildman–Crippen LogP) is 15.8. The highest BCUT2D eigenvalue weighted by Gasteiger charge is 2.36. The normalized spacial score (nSPS) is 12.4. The van der Waals surface area contributed by atoms with Crippen molar-refractivity contribution in [3.05, 3.63) is 236 Å². The van der Waals surface area contributed by atoms with Crippen LogP contribution in [0.1, 0.15) is 25.0 Å². The Hall–Kier alpha value is -7.22. The van der Waals surface area contributed by atoms with Crippen molar-refractivity contribution in [2.75, 3.05) is 4.90 Å². The fraction of sp³-hybridized carbons (Fsp3) is 0.0526. The second kappa shape index (κ2) is 14.7. The molecule has 0 atom stereocenters. The molecule has 0 radical (unpaired) electrons. The Morgan fingerprint density at radius 1 is 0.276 bits per heavy atom. The average molecular weight is 742 g/mol. The third-order valence-electron chi connectivity index (χ3n) is 11.9. The minimum atomic E-state index is -0.227. The quantitative estimate of drug-likeness (QED) is 0.150. The molecule has 0 unspecified atom stereocenters. The Morgan fingerprint density at radius 3 is 1.34 bits per heavy atom. The van der Waals surface area contributed by atoms with Gasteiger partial charge in [0.15, 0.2) is 0 Å². The van der Waals surface area contributed by atoms with Crippen LogP contribution in [-0.4, -0.2) is 0 Å². The fourth-order valence-corrected chi connectivity index (χ4v) is 8.89. The van der Waals surface area contributed by atoms with Crippen molar-refractivity contribution in [2.24, 2.45) is 0 Å². The first-order valence-electron chi connectivity index (χ1n) is 20.2. The first kappa shape index (κ1) is 35.2. The lowest BCUT2D eigenvalue weighted by atomic mass is 9.81. The summed E-state index contributed by atoms with van der Waals surface area (Å²) in [5.41, 5.74) is 20.6. The summed E-state index contributed by atoms with van der Waals surface area (Å²) < 4.78 is 0. The van der Waals surface area contributed by atoms with Gasteiger partial charge in [-0.05, 0) is 115 Å². The molecule has 0 amide bonds. The highest BCUT2D eigenvalue weighted by Crippen LogP contribution is 2.52. The summed E-state index contributed by atoms with van der Waals surface area (Å²) >= 11 is 0. The summed E-state index contributed by atoms with van der Waals surface area (Å²) in [5, 5.41) is 0. The molecule has 0 saturated carbocycles. The van der Waals surface area contributed by atoms with Crippen molar-refractivity contribution in [3.8, 4) is 66.8 Å².